The third-order valence-corrected chi connectivity index (χ3v) is 4.30. The number of aromatic nitrogens is 3. The van der Waals surface area contributed by atoms with Gasteiger partial charge in [0, 0.05) is 43.6 Å². The molecule has 1 saturated heterocycles. The number of nitrogens with zero attached hydrogens (tertiary/aromatic N) is 4. The van der Waals surface area contributed by atoms with Gasteiger partial charge >= 0.3 is 5.97 Å². The number of pyridine rings is 1. The lowest BCUT2D eigenvalue weighted by Gasteiger charge is -2.41. The minimum Gasteiger partial charge on any atom is -0.479 e. The van der Waals surface area contributed by atoms with E-state index >= 15 is 0 Å². The average molecular weight is 286 g/mol. The molecule has 3 heterocycles. The standard InChI is InChI=1S/C15H18N4O2/c1-12-17-8-11-19(12)15(14(20)21)4-9-18(10-5-15)13-2-6-16-7-3-13/h2-3,6-8,11H,4-5,9-10H2,1H3,(H,20,21). The number of aryl methyl sites for hydroxylation is 1. The van der Waals surface area contributed by atoms with Gasteiger partial charge in [-0.25, -0.2) is 9.78 Å². The summed E-state index contributed by atoms with van der Waals surface area (Å²) in [5.41, 5.74) is 0.204. The van der Waals surface area contributed by atoms with Crippen molar-refractivity contribution in [3.63, 3.8) is 0 Å². The van der Waals surface area contributed by atoms with Gasteiger partial charge in [-0.2, -0.15) is 0 Å². The number of anilines is 1. The van der Waals surface area contributed by atoms with Gasteiger partial charge in [0.25, 0.3) is 0 Å². The van der Waals surface area contributed by atoms with Crippen molar-refractivity contribution in [3.05, 3.63) is 42.7 Å². The molecule has 2 aromatic heterocycles. The molecule has 6 nitrogen and oxygen atoms in total. The lowest BCUT2D eigenvalue weighted by Crippen LogP contribution is -2.51. The lowest BCUT2D eigenvalue weighted by atomic mass is 9.86. The minimum atomic E-state index is -0.885. The molecule has 1 aliphatic heterocycles. The first kappa shape index (κ1) is 13.6. The van der Waals surface area contributed by atoms with Gasteiger partial charge in [-0.05, 0) is 31.9 Å². The Bertz CT molecular complexity index is 630. The molecule has 110 valence electrons. The fourth-order valence-corrected chi connectivity index (χ4v) is 3.08. The van der Waals surface area contributed by atoms with E-state index in [1.54, 1.807) is 29.4 Å². The fraction of sp³-hybridized carbons (Fsp3) is 0.400. The zero-order chi connectivity index (χ0) is 14.9. The Balaban J connectivity index is 1.85. The van der Waals surface area contributed by atoms with Crippen LogP contribution >= 0.6 is 0 Å². The van der Waals surface area contributed by atoms with E-state index in [4.69, 9.17) is 0 Å². The molecular weight excluding hydrogens is 268 g/mol. The molecule has 3 rings (SSSR count). The zero-order valence-corrected chi connectivity index (χ0v) is 11.9. The fourth-order valence-electron chi connectivity index (χ4n) is 3.08. The number of hydrogen-bond donors (Lipinski definition) is 1. The van der Waals surface area contributed by atoms with Crippen LogP contribution in [0.15, 0.2) is 36.9 Å². The van der Waals surface area contributed by atoms with E-state index in [9.17, 15) is 9.90 Å². The second kappa shape index (κ2) is 5.20. The summed E-state index contributed by atoms with van der Waals surface area (Å²) in [4.78, 5) is 22.3. The van der Waals surface area contributed by atoms with E-state index in [0.29, 0.717) is 25.9 Å². The van der Waals surface area contributed by atoms with Crippen LogP contribution in [0, 0.1) is 6.92 Å². The van der Waals surface area contributed by atoms with Crippen molar-refractivity contribution in [2.75, 3.05) is 18.0 Å². The molecule has 0 aromatic carbocycles. The van der Waals surface area contributed by atoms with Crippen molar-refractivity contribution < 1.29 is 9.90 Å². The number of carboxylic acid groups (broad SMARTS) is 1. The first-order chi connectivity index (χ1) is 10.1. The molecule has 1 N–H and O–H groups in total. The zero-order valence-electron chi connectivity index (χ0n) is 11.9. The van der Waals surface area contributed by atoms with Gasteiger partial charge in [0.2, 0.25) is 0 Å². The molecule has 0 spiro atoms. The minimum absolute atomic E-state index is 0.557. The first-order valence-corrected chi connectivity index (χ1v) is 7.02. The Morgan fingerprint density at radius 1 is 1.24 bits per heavy atom. The van der Waals surface area contributed by atoms with Gasteiger partial charge < -0.3 is 14.6 Å². The largest absolute Gasteiger partial charge is 0.479 e. The monoisotopic (exact) mass is 286 g/mol. The summed E-state index contributed by atoms with van der Waals surface area (Å²) in [5.74, 6) is -0.0345. The number of carbonyl (C=O) groups is 1. The van der Waals surface area contributed by atoms with Crippen LogP contribution in [0.4, 0.5) is 5.69 Å². The second-order valence-electron chi connectivity index (χ2n) is 5.37. The predicted molar refractivity (Wildman–Crippen MR) is 78.3 cm³/mol. The van der Waals surface area contributed by atoms with Crippen LogP contribution in [0.3, 0.4) is 0 Å². The third-order valence-electron chi connectivity index (χ3n) is 4.30. The molecule has 0 radical (unpaired) electrons. The quantitative estimate of drug-likeness (QED) is 0.929. The predicted octanol–water partition coefficient (Wildman–Crippen LogP) is 1.67. The van der Waals surface area contributed by atoms with Crippen molar-refractivity contribution >= 4 is 11.7 Å². The number of rotatable bonds is 3. The molecule has 0 atom stereocenters. The van der Waals surface area contributed by atoms with Crippen LogP contribution < -0.4 is 4.90 Å². The maximum Gasteiger partial charge on any atom is 0.330 e. The number of piperidine rings is 1. The highest BCUT2D eigenvalue weighted by Crippen LogP contribution is 2.33. The normalized spacial score (nSPS) is 17.7. The summed E-state index contributed by atoms with van der Waals surface area (Å²) in [5, 5.41) is 9.76. The highest BCUT2D eigenvalue weighted by Gasteiger charge is 2.43. The van der Waals surface area contributed by atoms with Crippen molar-refractivity contribution in [1.29, 1.82) is 0 Å². The SMILES string of the molecule is Cc1nccn1C1(C(=O)O)CCN(c2ccncc2)CC1. The Morgan fingerprint density at radius 2 is 1.90 bits per heavy atom. The molecule has 0 bridgehead atoms. The number of hydrogen-bond acceptors (Lipinski definition) is 4. The molecule has 0 aliphatic carbocycles. The summed E-state index contributed by atoms with van der Waals surface area (Å²) in [6.45, 7) is 3.25. The molecule has 6 heteroatoms. The van der Waals surface area contributed by atoms with E-state index in [0.717, 1.165) is 11.5 Å². The summed E-state index contributed by atoms with van der Waals surface area (Å²) in [6, 6.07) is 3.91. The van der Waals surface area contributed by atoms with Crippen molar-refractivity contribution in [1.82, 2.24) is 14.5 Å². The topological polar surface area (TPSA) is 71.2 Å². The summed E-state index contributed by atoms with van der Waals surface area (Å²) in [7, 11) is 0. The number of imidazole rings is 1. The molecule has 1 fully saturated rings. The number of carboxylic acids is 1. The van der Waals surface area contributed by atoms with Gasteiger partial charge in [0.05, 0.1) is 0 Å². The Kier molecular flexibility index (Phi) is 3.37. The molecule has 2 aromatic rings. The highest BCUT2D eigenvalue weighted by molar-refractivity contribution is 5.77. The Morgan fingerprint density at radius 3 is 2.43 bits per heavy atom. The third kappa shape index (κ3) is 2.26. The van der Waals surface area contributed by atoms with E-state index in [2.05, 4.69) is 14.9 Å². The Hall–Kier alpha value is -2.37. The maximum absolute atomic E-state index is 11.9. The molecule has 0 amide bonds. The summed E-state index contributed by atoms with van der Waals surface area (Å²) < 4.78 is 1.80. The van der Waals surface area contributed by atoms with E-state index in [1.165, 1.54) is 0 Å². The van der Waals surface area contributed by atoms with Crippen LogP contribution in [0.1, 0.15) is 18.7 Å². The van der Waals surface area contributed by atoms with E-state index < -0.39 is 11.5 Å². The van der Waals surface area contributed by atoms with Crippen molar-refractivity contribution in [2.24, 2.45) is 0 Å². The summed E-state index contributed by atoms with van der Waals surface area (Å²) in [6.07, 6.45) is 8.06. The van der Waals surface area contributed by atoms with Crippen LogP contribution in [0.2, 0.25) is 0 Å². The van der Waals surface area contributed by atoms with Crippen LogP contribution in [-0.2, 0) is 10.3 Å². The molecule has 21 heavy (non-hydrogen) atoms. The second-order valence-corrected chi connectivity index (χ2v) is 5.37. The number of aliphatic carboxylic acids is 1. The molecular formula is C15H18N4O2. The summed E-state index contributed by atoms with van der Waals surface area (Å²) >= 11 is 0. The van der Waals surface area contributed by atoms with Crippen LogP contribution in [0.25, 0.3) is 0 Å². The van der Waals surface area contributed by atoms with Gasteiger partial charge in [0.1, 0.15) is 11.4 Å². The molecule has 1 aliphatic rings. The lowest BCUT2D eigenvalue weighted by molar-refractivity contribution is -0.149. The van der Waals surface area contributed by atoms with Gasteiger partial charge in [-0.15, -0.1) is 0 Å². The maximum atomic E-state index is 11.9. The van der Waals surface area contributed by atoms with Gasteiger partial charge in [0.15, 0.2) is 0 Å². The molecule has 0 saturated carbocycles. The van der Waals surface area contributed by atoms with Crippen LogP contribution in [-0.4, -0.2) is 38.7 Å². The van der Waals surface area contributed by atoms with E-state index in [1.807, 2.05) is 19.1 Å². The Labute approximate surface area is 123 Å². The van der Waals surface area contributed by atoms with Crippen molar-refractivity contribution in [2.45, 2.75) is 25.3 Å². The van der Waals surface area contributed by atoms with Gasteiger partial charge in [-0.1, -0.05) is 0 Å². The van der Waals surface area contributed by atoms with Gasteiger partial charge in [-0.3, -0.25) is 4.98 Å². The average Bonchev–Trinajstić information content (AvgIpc) is 2.95. The van der Waals surface area contributed by atoms with Crippen LogP contribution in [0.5, 0.6) is 0 Å². The highest BCUT2D eigenvalue weighted by atomic mass is 16.4. The first-order valence-electron chi connectivity index (χ1n) is 7.02. The smallest absolute Gasteiger partial charge is 0.330 e. The molecule has 0 unspecified atom stereocenters. The van der Waals surface area contributed by atoms with E-state index in [-0.39, 0.29) is 0 Å². The van der Waals surface area contributed by atoms with Crippen molar-refractivity contribution in [3.8, 4) is 0 Å².